The molecule has 2 rings (SSSR count). The van der Waals surface area contributed by atoms with Gasteiger partial charge in [0.05, 0.1) is 0 Å². The highest BCUT2D eigenvalue weighted by Crippen LogP contribution is 2.36. The second kappa shape index (κ2) is 4.79. The fraction of sp³-hybridized carbons (Fsp3) is 0.571. The van der Waals surface area contributed by atoms with Crippen LogP contribution in [-0.2, 0) is 6.42 Å². The molecular formula is C14H19FS. The minimum Gasteiger partial charge on any atom is -0.247 e. The zero-order valence-electron chi connectivity index (χ0n) is 10.2. The summed E-state index contributed by atoms with van der Waals surface area (Å²) in [4.78, 5) is 1.36. The standard InChI is InChI=1S/C14H19FS/c1-9(2)14(10(3)15)12-5-4-11-6-7-16-13(11)8-12/h4-5,8-10,14H,6-7H2,1-3H3. The van der Waals surface area contributed by atoms with Crippen LogP contribution in [0, 0.1) is 5.92 Å². The molecule has 0 bridgehead atoms. The summed E-state index contributed by atoms with van der Waals surface area (Å²) < 4.78 is 13.6. The van der Waals surface area contributed by atoms with Crippen molar-refractivity contribution in [3.05, 3.63) is 29.3 Å². The maximum absolute atomic E-state index is 13.6. The van der Waals surface area contributed by atoms with E-state index >= 15 is 0 Å². The Morgan fingerprint density at radius 2 is 2.00 bits per heavy atom. The first-order valence-corrected chi connectivity index (χ1v) is 6.98. The van der Waals surface area contributed by atoms with Crippen molar-refractivity contribution in [2.45, 2.75) is 44.2 Å². The monoisotopic (exact) mass is 238 g/mol. The molecule has 1 aromatic rings. The lowest BCUT2D eigenvalue weighted by atomic mass is 9.85. The first kappa shape index (κ1) is 12.0. The zero-order valence-corrected chi connectivity index (χ0v) is 11.0. The molecule has 0 aromatic heterocycles. The number of benzene rings is 1. The highest BCUT2D eigenvalue weighted by molar-refractivity contribution is 7.99. The lowest BCUT2D eigenvalue weighted by Gasteiger charge is -2.23. The minimum absolute atomic E-state index is 0.0338. The summed E-state index contributed by atoms with van der Waals surface area (Å²) in [5.74, 6) is 1.56. The first-order valence-electron chi connectivity index (χ1n) is 5.99. The molecule has 1 heterocycles. The van der Waals surface area contributed by atoms with E-state index in [0.29, 0.717) is 5.92 Å². The maximum atomic E-state index is 13.6. The summed E-state index contributed by atoms with van der Waals surface area (Å²) in [6.45, 7) is 5.87. The van der Waals surface area contributed by atoms with Crippen LogP contribution in [0.15, 0.2) is 23.1 Å². The third-order valence-electron chi connectivity index (χ3n) is 3.32. The Balaban J connectivity index is 2.32. The summed E-state index contributed by atoms with van der Waals surface area (Å²) in [5.41, 5.74) is 2.60. The number of aryl methyl sites for hydroxylation is 1. The number of hydrogen-bond acceptors (Lipinski definition) is 1. The predicted octanol–water partition coefficient (Wildman–Crippen LogP) is 4.43. The third-order valence-corrected chi connectivity index (χ3v) is 4.42. The van der Waals surface area contributed by atoms with Gasteiger partial charge >= 0.3 is 0 Å². The second-order valence-electron chi connectivity index (χ2n) is 4.91. The van der Waals surface area contributed by atoms with Crippen LogP contribution in [0.2, 0.25) is 0 Å². The molecule has 0 radical (unpaired) electrons. The number of thioether (sulfide) groups is 1. The van der Waals surface area contributed by atoms with E-state index in [4.69, 9.17) is 0 Å². The quantitative estimate of drug-likeness (QED) is 0.750. The molecule has 16 heavy (non-hydrogen) atoms. The van der Waals surface area contributed by atoms with Gasteiger partial charge in [-0.2, -0.15) is 0 Å². The van der Waals surface area contributed by atoms with Crippen molar-refractivity contribution < 1.29 is 4.39 Å². The Morgan fingerprint density at radius 3 is 2.62 bits per heavy atom. The third kappa shape index (κ3) is 2.27. The Kier molecular flexibility index (Phi) is 3.58. The fourth-order valence-electron chi connectivity index (χ4n) is 2.57. The second-order valence-corrected chi connectivity index (χ2v) is 6.05. The predicted molar refractivity (Wildman–Crippen MR) is 69.0 cm³/mol. The van der Waals surface area contributed by atoms with Gasteiger partial charge in [-0.15, -0.1) is 11.8 Å². The Morgan fingerprint density at radius 1 is 1.25 bits per heavy atom. The van der Waals surface area contributed by atoms with Gasteiger partial charge < -0.3 is 0 Å². The summed E-state index contributed by atoms with van der Waals surface area (Å²) in [6.07, 6.45) is 0.391. The Hall–Kier alpha value is -0.500. The van der Waals surface area contributed by atoms with Crippen molar-refractivity contribution in [1.82, 2.24) is 0 Å². The van der Waals surface area contributed by atoms with Gasteiger partial charge in [-0.25, -0.2) is 4.39 Å². The van der Waals surface area contributed by atoms with Crippen LogP contribution < -0.4 is 0 Å². The van der Waals surface area contributed by atoms with Gasteiger partial charge in [0.2, 0.25) is 0 Å². The molecule has 0 fully saturated rings. The van der Waals surface area contributed by atoms with Gasteiger partial charge in [-0.05, 0) is 36.5 Å². The number of rotatable bonds is 3. The molecule has 2 atom stereocenters. The van der Waals surface area contributed by atoms with Crippen molar-refractivity contribution in [2.75, 3.05) is 5.75 Å². The molecule has 0 spiro atoms. The molecule has 0 amide bonds. The molecule has 2 heteroatoms. The molecule has 1 aliphatic rings. The van der Waals surface area contributed by atoms with Crippen molar-refractivity contribution in [3.8, 4) is 0 Å². The van der Waals surface area contributed by atoms with Crippen LogP contribution in [0.25, 0.3) is 0 Å². The molecule has 1 aromatic carbocycles. The highest BCUT2D eigenvalue weighted by Gasteiger charge is 2.24. The molecule has 0 saturated carbocycles. The van der Waals surface area contributed by atoms with E-state index in [9.17, 15) is 4.39 Å². The molecule has 0 saturated heterocycles. The molecule has 0 N–H and O–H groups in total. The van der Waals surface area contributed by atoms with Crippen LogP contribution in [0.1, 0.15) is 37.8 Å². The van der Waals surface area contributed by atoms with E-state index in [1.54, 1.807) is 6.92 Å². The van der Waals surface area contributed by atoms with Gasteiger partial charge in [-0.1, -0.05) is 26.0 Å². The fourth-order valence-corrected chi connectivity index (χ4v) is 3.69. The van der Waals surface area contributed by atoms with Crippen LogP contribution in [0.5, 0.6) is 0 Å². The van der Waals surface area contributed by atoms with Gasteiger partial charge in [0.15, 0.2) is 0 Å². The maximum Gasteiger partial charge on any atom is 0.104 e. The summed E-state index contributed by atoms with van der Waals surface area (Å²) in [7, 11) is 0. The molecule has 2 unspecified atom stereocenters. The Labute approximate surface area is 102 Å². The van der Waals surface area contributed by atoms with E-state index in [2.05, 4.69) is 32.0 Å². The SMILES string of the molecule is CC(C)C(c1ccc2c(c1)SCC2)C(C)F. The lowest BCUT2D eigenvalue weighted by Crippen LogP contribution is -2.16. The summed E-state index contributed by atoms with van der Waals surface area (Å²) >= 11 is 1.90. The van der Waals surface area contributed by atoms with E-state index in [1.165, 1.54) is 16.2 Å². The molecular weight excluding hydrogens is 219 g/mol. The number of fused-ring (bicyclic) bond motifs is 1. The van der Waals surface area contributed by atoms with Crippen molar-refractivity contribution in [3.63, 3.8) is 0 Å². The molecule has 0 nitrogen and oxygen atoms in total. The first-order chi connectivity index (χ1) is 7.59. The average molecular weight is 238 g/mol. The topological polar surface area (TPSA) is 0 Å². The highest BCUT2D eigenvalue weighted by atomic mass is 32.2. The van der Waals surface area contributed by atoms with Crippen LogP contribution in [0.4, 0.5) is 4.39 Å². The Bertz CT molecular complexity index is 363. The molecule has 1 aliphatic heterocycles. The van der Waals surface area contributed by atoms with Crippen LogP contribution in [0.3, 0.4) is 0 Å². The summed E-state index contributed by atoms with van der Waals surface area (Å²) in [5, 5.41) is 0. The van der Waals surface area contributed by atoms with E-state index in [-0.39, 0.29) is 5.92 Å². The largest absolute Gasteiger partial charge is 0.247 e. The van der Waals surface area contributed by atoms with Gasteiger partial charge in [0.1, 0.15) is 6.17 Å². The number of hydrogen-bond donors (Lipinski definition) is 0. The smallest absolute Gasteiger partial charge is 0.104 e. The number of halogens is 1. The van der Waals surface area contributed by atoms with Crippen molar-refractivity contribution in [2.24, 2.45) is 5.92 Å². The molecule has 88 valence electrons. The van der Waals surface area contributed by atoms with E-state index in [1.807, 2.05) is 11.8 Å². The minimum atomic E-state index is -0.774. The molecule has 0 aliphatic carbocycles. The van der Waals surface area contributed by atoms with E-state index < -0.39 is 6.17 Å². The zero-order chi connectivity index (χ0) is 11.7. The van der Waals surface area contributed by atoms with E-state index in [0.717, 1.165) is 12.0 Å². The van der Waals surface area contributed by atoms with Gasteiger partial charge in [0.25, 0.3) is 0 Å². The van der Waals surface area contributed by atoms with Gasteiger partial charge in [0, 0.05) is 16.6 Å². The number of alkyl halides is 1. The average Bonchev–Trinajstić information content (AvgIpc) is 2.63. The van der Waals surface area contributed by atoms with Gasteiger partial charge in [-0.3, -0.25) is 0 Å². The van der Waals surface area contributed by atoms with Crippen molar-refractivity contribution >= 4 is 11.8 Å². The van der Waals surface area contributed by atoms with Crippen LogP contribution >= 0.6 is 11.8 Å². The van der Waals surface area contributed by atoms with Crippen molar-refractivity contribution in [1.29, 1.82) is 0 Å². The summed E-state index contributed by atoms with van der Waals surface area (Å²) in [6, 6.07) is 6.50. The lowest BCUT2D eigenvalue weighted by molar-refractivity contribution is 0.261. The van der Waals surface area contributed by atoms with Crippen LogP contribution in [-0.4, -0.2) is 11.9 Å². The normalized spacial score (nSPS) is 18.6.